The van der Waals surface area contributed by atoms with E-state index in [-0.39, 0.29) is 25.5 Å². The van der Waals surface area contributed by atoms with Crippen LogP contribution in [0, 0.1) is 0 Å². The van der Waals surface area contributed by atoms with Crippen LogP contribution in [0.15, 0.2) is 18.2 Å². The number of amides is 1. The highest BCUT2D eigenvalue weighted by Crippen LogP contribution is 2.29. The third-order valence-electron chi connectivity index (χ3n) is 2.83. The summed E-state index contributed by atoms with van der Waals surface area (Å²) in [5, 5.41) is 2.41. The molecule has 124 valence electrons. The predicted octanol–water partition coefficient (Wildman–Crippen LogP) is 1.10. The van der Waals surface area contributed by atoms with E-state index in [0.29, 0.717) is 17.1 Å². The minimum atomic E-state index is -0.597. The molecular weight excluding hydrogens is 302 g/mol. The molecule has 0 bridgehead atoms. The summed E-state index contributed by atoms with van der Waals surface area (Å²) in [5.41, 5.74) is -0.0908. The smallest absolute Gasteiger partial charge is 0.325 e. The Morgan fingerprint density at radius 2 is 2.04 bits per heavy atom. The summed E-state index contributed by atoms with van der Waals surface area (Å²) in [4.78, 5) is 34.5. The molecule has 0 spiro atoms. The van der Waals surface area contributed by atoms with E-state index < -0.39 is 17.5 Å². The Balaban J connectivity index is 1.77. The van der Waals surface area contributed by atoms with Crippen molar-refractivity contribution in [2.45, 2.75) is 26.4 Å². The van der Waals surface area contributed by atoms with Gasteiger partial charge in [-0.05, 0) is 32.9 Å². The number of rotatable bonds is 5. The van der Waals surface area contributed by atoms with Gasteiger partial charge in [-0.3, -0.25) is 14.4 Å². The molecule has 0 saturated carbocycles. The molecule has 1 aliphatic rings. The molecule has 0 unspecified atom stereocenters. The summed E-state index contributed by atoms with van der Waals surface area (Å²) >= 11 is 0. The molecule has 1 aromatic rings. The summed E-state index contributed by atoms with van der Waals surface area (Å²) < 4.78 is 15.6. The summed E-state index contributed by atoms with van der Waals surface area (Å²) in [5.74, 6) is -0.196. The van der Waals surface area contributed by atoms with E-state index in [9.17, 15) is 14.4 Å². The number of Topliss-reactive ketones (excluding diaryl/α,β-unsaturated/α-hetero) is 1. The highest BCUT2D eigenvalue weighted by molar-refractivity contribution is 6.02. The number of benzene rings is 1. The standard InChI is InChI=1S/C16H19NO6/c1-16(2,3)23-15(20)7-17-14(19)9-21-10-4-5-11-12(18)8-22-13(11)6-10/h4-6H,7-9H2,1-3H3,(H,17,19). The first kappa shape index (κ1) is 16.8. The number of carbonyl (C=O) groups is 3. The van der Waals surface area contributed by atoms with E-state index in [1.165, 1.54) is 0 Å². The van der Waals surface area contributed by atoms with Gasteiger partial charge >= 0.3 is 5.97 Å². The fraction of sp³-hybridized carbons (Fsp3) is 0.438. The molecule has 0 saturated heterocycles. The van der Waals surface area contributed by atoms with Crippen molar-refractivity contribution in [2.24, 2.45) is 0 Å². The Hall–Kier alpha value is -2.57. The highest BCUT2D eigenvalue weighted by atomic mass is 16.6. The van der Waals surface area contributed by atoms with E-state index in [2.05, 4.69) is 5.32 Å². The number of esters is 1. The van der Waals surface area contributed by atoms with Crippen LogP contribution in [-0.2, 0) is 14.3 Å². The van der Waals surface area contributed by atoms with Crippen molar-refractivity contribution in [1.29, 1.82) is 0 Å². The second-order valence-electron chi connectivity index (χ2n) is 6.02. The van der Waals surface area contributed by atoms with Gasteiger partial charge in [-0.25, -0.2) is 0 Å². The first-order valence-electron chi connectivity index (χ1n) is 7.16. The van der Waals surface area contributed by atoms with Crippen LogP contribution in [0.3, 0.4) is 0 Å². The number of fused-ring (bicyclic) bond motifs is 1. The average Bonchev–Trinajstić information content (AvgIpc) is 2.82. The minimum Gasteiger partial charge on any atom is -0.485 e. The number of hydrogen-bond acceptors (Lipinski definition) is 6. The van der Waals surface area contributed by atoms with Crippen LogP contribution in [0.4, 0.5) is 0 Å². The van der Waals surface area contributed by atoms with Crippen molar-refractivity contribution < 1.29 is 28.6 Å². The Bertz CT molecular complexity index is 632. The van der Waals surface area contributed by atoms with E-state index in [1.54, 1.807) is 39.0 Å². The van der Waals surface area contributed by atoms with Crippen LogP contribution in [0.25, 0.3) is 0 Å². The van der Waals surface area contributed by atoms with Crippen molar-refractivity contribution in [3.8, 4) is 11.5 Å². The van der Waals surface area contributed by atoms with Gasteiger partial charge < -0.3 is 19.5 Å². The van der Waals surface area contributed by atoms with Gasteiger partial charge in [0, 0.05) is 6.07 Å². The second-order valence-corrected chi connectivity index (χ2v) is 6.02. The number of ether oxygens (including phenoxy) is 3. The lowest BCUT2D eigenvalue weighted by atomic mass is 10.1. The first-order chi connectivity index (χ1) is 10.7. The zero-order valence-corrected chi connectivity index (χ0v) is 13.3. The molecule has 1 heterocycles. The summed E-state index contributed by atoms with van der Waals surface area (Å²) in [6.45, 7) is 4.79. The van der Waals surface area contributed by atoms with Crippen molar-refractivity contribution in [3.63, 3.8) is 0 Å². The molecular formula is C16H19NO6. The molecule has 1 N–H and O–H groups in total. The zero-order valence-electron chi connectivity index (χ0n) is 13.3. The van der Waals surface area contributed by atoms with Crippen LogP contribution < -0.4 is 14.8 Å². The van der Waals surface area contributed by atoms with Crippen LogP contribution in [0.5, 0.6) is 11.5 Å². The van der Waals surface area contributed by atoms with Crippen molar-refractivity contribution >= 4 is 17.7 Å². The maximum atomic E-state index is 11.6. The Morgan fingerprint density at radius 1 is 1.30 bits per heavy atom. The topological polar surface area (TPSA) is 90.9 Å². The van der Waals surface area contributed by atoms with Gasteiger partial charge in [-0.1, -0.05) is 0 Å². The third kappa shape index (κ3) is 4.98. The quantitative estimate of drug-likeness (QED) is 0.817. The molecule has 1 aromatic carbocycles. The molecule has 1 aliphatic heterocycles. The summed E-state index contributed by atoms with van der Waals surface area (Å²) in [7, 11) is 0. The van der Waals surface area contributed by atoms with Gasteiger partial charge in [-0.2, -0.15) is 0 Å². The van der Waals surface area contributed by atoms with Gasteiger partial charge in [0.15, 0.2) is 13.2 Å². The SMILES string of the molecule is CC(C)(C)OC(=O)CNC(=O)COc1ccc2c(c1)OCC2=O. The summed E-state index contributed by atoms with van der Waals surface area (Å²) in [6.07, 6.45) is 0. The maximum Gasteiger partial charge on any atom is 0.325 e. The van der Waals surface area contributed by atoms with E-state index in [1.807, 2.05) is 0 Å². The van der Waals surface area contributed by atoms with Crippen molar-refractivity contribution in [2.75, 3.05) is 19.8 Å². The predicted molar refractivity (Wildman–Crippen MR) is 80.6 cm³/mol. The molecule has 0 radical (unpaired) electrons. The molecule has 0 atom stereocenters. The van der Waals surface area contributed by atoms with Crippen LogP contribution >= 0.6 is 0 Å². The normalized spacial score (nSPS) is 13.1. The van der Waals surface area contributed by atoms with Gasteiger partial charge in [-0.15, -0.1) is 0 Å². The number of carbonyl (C=O) groups excluding carboxylic acids is 3. The number of hydrogen-bond donors (Lipinski definition) is 1. The van der Waals surface area contributed by atoms with Gasteiger partial charge in [0.05, 0.1) is 5.56 Å². The Kier molecular flexibility index (Phi) is 4.88. The van der Waals surface area contributed by atoms with Crippen molar-refractivity contribution in [1.82, 2.24) is 5.32 Å². The zero-order chi connectivity index (χ0) is 17.0. The third-order valence-corrected chi connectivity index (χ3v) is 2.83. The molecule has 1 amide bonds. The van der Waals surface area contributed by atoms with E-state index in [4.69, 9.17) is 14.2 Å². The first-order valence-corrected chi connectivity index (χ1v) is 7.16. The Morgan fingerprint density at radius 3 is 2.74 bits per heavy atom. The number of nitrogens with one attached hydrogen (secondary N) is 1. The fourth-order valence-corrected chi connectivity index (χ4v) is 1.91. The van der Waals surface area contributed by atoms with Crippen molar-refractivity contribution in [3.05, 3.63) is 23.8 Å². The van der Waals surface area contributed by atoms with E-state index in [0.717, 1.165) is 0 Å². The molecule has 0 aliphatic carbocycles. The molecule has 7 nitrogen and oxygen atoms in total. The lowest BCUT2D eigenvalue weighted by Gasteiger charge is -2.19. The second kappa shape index (κ2) is 6.68. The fourth-order valence-electron chi connectivity index (χ4n) is 1.91. The molecule has 2 rings (SSSR count). The maximum absolute atomic E-state index is 11.6. The highest BCUT2D eigenvalue weighted by Gasteiger charge is 2.21. The van der Waals surface area contributed by atoms with Gasteiger partial charge in [0.25, 0.3) is 5.91 Å². The van der Waals surface area contributed by atoms with Gasteiger partial charge in [0.2, 0.25) is 5.78 Å². The molecule has 0 aromatic heterocycles. The lowest BCUT2D eigenvalue weighted by molar-refractivity contribution is -0.154. The van der Waals surface area contributed by atoms with Crippen LogP contribution in [-0.4, -0.2) is 43.0 Å². The van der Waals surface area contributed by atoms with Gasteiger partial charge in [0.1, 0.15) is 23.6 Å². The largest absolute Gasteiger partial charge is 0.485 e. The Labute approximate surface area is 133 Å². The molecule has 0 fully saturated rings. The monoisotopic (exact) mass is 321 g/mol. The average molecular weight is 321 g/mol. The number of ketones is 1. The lowest BCUT2D eigenvalue weighted by Crippen LogP contribution is -2.36. The summed E-state index contributed by atoms with van der Waals surface area (Å²) in [6, 6.07) is 4.74. The minimum absolute atomic E-state index is 0.0230. The van der Waals surface area contributed by atoms with Crippen LogP contribution in [0.2, 0.25) is 0 Å². The van der Waals surface area contributed by atoms with E-state index >= 15 is 0 Å². The molecule has 23 heavy (non-hydrogen) atoms. The van der Waals surface area contributed by atoms with Crippen LogP contribution in [0.1, 0.15) is 31.1 Å². The molecule has 7 heteroatoms.